The van der Waals surface area contributed by atoms with E-state index in [1.54, 1.807) is 54.3 Å². The van der Waals surface area contributed by atoms with Gasteiger partial charge in [0.15, 0.2) is 0 Å². The zero-order valence-electron chi connectivity index (χ0n) is 10.3. The minimum atomic E-state index is -3.53. The van der Waals surface area contributed by atoms with Gasteiger partial charge >= 0.3 is 0 Å². The third-order valence-electron chi connectivity index (χ3n) is 2.50. The van der Waals surface area contributed by atoms with Crippen molar-refractivity contribution in [3.63, 3.8) is 0 Å². The molecule has 102 valence electrons. The van der Waals surface area contributed by atoms with Crippen molar-refractivity contribution < 1.29 is 8.42 Å². The molecule has 1 atom stereocenters. The summed E-state index contributed by atoms with van der Waals surface area (Å²) in [6.07, 6.45) is 3.46. The number of nitrogens with zero attached hydrogens (tertiary/aromatic N) is 2. The molecule has 7 heteroatoms. The summed E-state index contributed by atoms with van der Waals surface area (Å²) in [5, 5.41) is 4.05. The minimum absolute atomic E-state index is 0.238. The molecule has 0 amide bonds. The number of rotatable bonds is 5. The van der Waals surface area contributed by atoms with Gasteiger partial charge in [0.2, 0.25) is 10.0 Å². The van der Waals surface area contributed by atoms with E-state index >= 15 is 0 Å². The predicted octanol–water partition coefficient (Wildman–Crippen LogP) is 2.01. The molecule has 2 rings (SSSR count). The molecule has 0 radical (unpaired) electrons. The second-order valence-corrected chi connectivity index (χ2v) is 6.72. The molecular formula is C12H14BrN3O2S. The van der Waals surface area contributed by atoms with Crippen LogP contribution >= 0.6 is 15.9 Å². The van der Waals surface area contributed by atoms with E-state index in [1.807, 2.05) is 0 Å². The molecular weight excluding hydrogens is 330 g/mol. The fourth-order valence-electron chi connectivity index (χ4n) is 1.72. The molecule has 2 aromatic rings. The van der Waals surface area contributed by atoms with E-state index in [2.05, 4.69) is 25.8 Å². The Morgan fingerprint density at radius 1 is 1.37 bits per heavy atom. The molecule has 0 aliphatic heterocycles. The van der Waals surface area contributed by atoms with Crippen molar-refractivity contribution >= 4 is 26.0 Å². The first kappa shape index (κ1) is 14.2. The lowest BCUT2D eigenvalue weighted by molar-refractivity contribution is 0.493. The second-order valence-electron chi connectivity index (χ2n) is 4.18. The molecule has 0 saturated carbocycles. The molecule has 5 nitrogen and oxygen atoms in total. The molecule has 0 bridgehead atoms. The average Bonchev–Trinajstić information content (AvgIpc) is 2.81. The SMILES string of the molecule is C[C@H](Cn1cccn1)NS(=O)(=O)c1ccccc1Br. The highest BCUT2D eigenvalue weighted by atomic mass is 79.9. The molecule has 1 heterocycles. The lowest BCUT2D eigenvalue weighted by Crippen LogP contribution is -2.35. The predicted molar refractivity (Wildman–Crippen MR) is 76.2 cm³/mol. The Balaban J connectivity index is 2.11. The number of nitrogens with one attached hydrogen (secondary N) is 1. The molecule has 0 aliphatic carbocycles. The third kappa shape index (κ3) is 3.65. The van der Waals surface area contributed by atoms with Crippen molar-refractivity contribution in [2.75, 3.05) is 0 Å². The van der Waals surface area contributed by atoms with Crippen LogP contribution < -0.4 is 4.72 Å². The summed E-state index contributed by atoms with van der Waals surface area (Å²) in [5.74, 6) is 0. The van der Waals surface area contributed by atoms with Crippen molar-refractivity contribution in [2.24, 2.45) is 0 Å². The van der Waals surface area contributed by atoms with Gasteiger partial charge < -0.3 is 0 Å². The van der Waals surface area contributed by atoms with Crippen LogP contribution in [0.5, 0.6) is 0 Å². The number of benzene rings is 1. The topological polar surface area (TPSA) is 64.0 Å². The van der Waals surface area contributed by atoms with Crippen LogP contribution in [0.1, 0.15) is 6.92 Å². The Hall–Kier alpha value is -1.18. The Morgan fingerprint density at radius 3 is 2.74 bits per heavy atom. The largest absolute Gasteiger partial charge is 0.271 e. The summed E-state index contributed by atoms with van der Waals surface area (Å²) in [7, 11) is -3.53. The van der Waals surface area contributed by atoms with Crippen molar-refractivity contribution in [3.05, 3.63) is 47.2 Å². The fraction of sp³-hybridized carbons (Fsp3) is 0.250. The average molecular weight is 344 g/mol. The maximum Gasteiger partial charge on any atom is 0.241 e. The van der Waals surface area contributed by atoms with E-state index in [0.717, 1.165) is 0 Å². The van der Waals surface area contributed by atoms with Crippen LogP contribution in [0.3, 0.4) is 0 Å². The Bertz CT molecular complexity index is 641. The smallest absolute Gasteiger partial charge is 0.241 e. The summed E-state index contributed by atoms with van der Waals surface area (Å²) in [5.41, 5.74) is 0. The fourth-order valence-corrected chi connectivity index (χ4v) is 3.96. The summed E-state index contributed by atoms with van der Waals surface area (Å²) in [4.78, 5) is 0.238. The number of hydrogen-bond donors (Lipinski definition) is 1. The summed E-state index contributed by atoms with van der Waals surface area (Å²) in [6, 6.07) is 8.28. The molecule has 0 unspecified atom stereocenters. The van der Waals surface area contributed by atoms with Gasteiger partial charge in [-0.1, -0.05) is 12.1 Å². The molecule has 0 aliphatic rings. The Morgan fingerprint density at radius 2 is 2.11 bits per heavy atom. The normalized spacial score (nSPS) is 13.4. The van der Waals surface area contributed by atoms with Crippen LogP contribution in [0, 0.1) is 0 Å². The van der Waals surface area contributed by atoms with E-state index in [1.165, 1.54) is 0 Å². The van der Waals surface area contributed by atoms with Gasteiger partial charge in [0.05, 0.1) is 11.4 Å². The summed E-state index contributed by atoms with van der Waals surface area (Å²) >= 11 is 3.25. The van der Waals surface area contributed by atoms with Crippen LogP contribution in [0.15, 0.2) is 52.1 Å². The first-order valence-electron chi connectivity index (χ1n) is 5.73. The third-order valence-corrected chi connectivity index (χ3v) is 5.10. The molecule has 0 saturated heterocycles. The van der Waals surface area contributed by atoms with Crippen molar-refractivity contribution in [1.82, 2.24) is 14.5 Å². The van der Waals surface area contributed by atoms with Gasteiger partial charge in [-0.25, -0.2) is 13.1 Å². The lowest BCUT2D eigenvalue weighted by Gasteiger charge is -2.15. The first-order valence-corrected chi connectivity index (χ1v) is 8.01. The minimum Gasteiger partial charge on any atom is -0.271 e. The molecule has 0 fully saturated rings. The zero-order chi connectivity index (χ0) is 13.9. The van der Waals surface area contributed by atoms with Crippen molar-refractivity contribution in [3.8, 4) is 0 Å². The number of halogens is 1. The van der Waals surface area contributed by atoms with E-state index in [9.17, 15) is 8.42 Å². The molecule has 0 spiro atoms. The van der Waals surface area contributed by atoms with Crippen LogP contribution in [0.4, 0.5) is 0 Å². The summed E-state index contributed by atoms with van der Waals surface area (Å²) in [6.45, 7) is 2.28. The van der Waals surface area contributed by atoms with Gasteiger partial charge in [-0.05, 0) is 41.1 Å². The molecule has 1 N–H and O–H groups in total. The first-order chi connectivity index (χ1) is 8.99. The maximum atomic E-state index is 12.2. The van der Waals surface area contributed by atoms with Gasteiger partial charge in [0.1, 0.15) is 0 Å². The zero-order valence-corrected chi connectivity index (χ0v) is 12.7. The maximum absolute atomic E-state index is 12.2. The van der Waals surface area contributed by atoms with Crippen LogP contribution in [0.2, 0.25) is 0 Å². The van der Waals surface area contributed by atoms with Crippen molar-refractivity contribution in [2.45, 2.75) is 24.4 Å². The molecule has 1 aromatic heterocycles. The number of hydrogen-bond acceptors (Lipinski definition) is 3. The highest BCUT2D eigenvalue weighted by Gasteiger charge is 2.19. The quantitative estimate of drug-likeness (QED) is 0.903. The van der Waals surface area contributed by atoms with E-state index in [4.69, 9.17) is 0 Å². The van der Waals surface area contributed by atoms with Gasteiger partial charge in [0, 0.05) is 22.9 Å². The van der Waals surface area contributed by atoms with Crippen LogP contribution in [-0.4, -0.2) is 24.2 Å². The number of sulfonamides is 1. The van der Waals surface area contributed by atoms with E-state index in [0.29, 0.717) is 11.0 Å². The van der Waals surface area contributed by atoms with Crippen LogP contribution in [0.25, 0.3) is 0 Å². The van der Waals surface area contributed by atoms with Gasteiger partial charge in [-0.15, -0.1) is 0 Å². The van der Waals surface area contributed by atoms with Gasteiger partial charge in [0.25, 0.3) is 0 Å². The number of aromatic nitrogens is 2. The van der Waals surface area contributed by atoms with Gasteiger partial charge in [-0.2, -0.15) is 5.10 Å². The van der Waals surface area contributed by atoms with Gasteiger partial charge in [-0.3, -0.25) is 4.68 Å². The lowest BCUT2D eigenvalue weighted by atomic mass is 10.4. The monoisotopic (exact) mass is 343 g/mol. The van der Waals surface area contributed by atoms with Crippen molar-refractivity contribution in [1.29, 1.82) is 0 Å². The molecule has 19 heavy (non-hydrogen) atoms. The standard InChI is InChI=1S/C12H14BrN3O2S/c1-10(9-16-8-4-7-14-16)15-19(17,18)12-6-3-2-5-11(12)13/h2-8,10,15H,9H2,1H3/t10-/m1/s1. The highest BCUT2D eigenvalue weighted by Crippen LogP contribution is 2.21. The van der Waals surface area contributed by atoms with E-state index in [-0.39, 0.29) is 10.9 Å². The Kier molecular flexibility index (Phi) is 4.38. The van der Waals surface area contributed by atoms with Crippen LogP contribution in [-0.2, 0) is 16.6 Å². The molecule has 1 aromatic carbocycles. The summed E-state index contributed by atoms with van der Waals surface area (Å²) < 4.78 is 29.3. The van der Waals surface area contributed by atoms with E-state index < -0.39 is 10.0 Å². The second kappa shape index (κ2) is 5.85. The highest BCUT2D eigenvalue weighted by molar-refractivity contribution is 9.10. The Labute approximate surface area is 120 Å².